The second-order valence-electron chi connectivity index (χ2n) is 7.01. The molecule has 2 heterocycles. The molecule has 2 aliphatic rings. The molecule has 6 heteroatoms. The first-order valence-corrected chi connectivity index (χ1v) is 9.42. The summed E-state index contributed by atoms with van der Waals surface area (Å²) in [5.74, 6) is 0.243. The maximum absolute atomic E-state index is 12.8. The van der Waals surface area contributed by atoms with Crippen molar-refractivity contribution in [3.05, 3.63) is 21.4 Å². The maximum atomic E-state index is 12.8. The minimum absolute atomic E-state index is 0.166. The van der Waals surface area contributed by atoms with Gasteiger partial charge in [-0.1, -0.05) is 13.3 Å². The molecular weight excluding hydrogens is 324 g/mol. The molecule has 0 aromatic carbocycles. The highest BCUT2D eigenvalue weighted by atomic mass is 32.1. The number of ketones is 1. The summed E-state index contributed by atoms with van der Waals surface area (Å²) in [4.78, 5) is 40.8. The molecule has 1 aliphatic heterocycles. The molecule has 1 aromatic rings. The van der Waals surface area contributed by atoms with E-state index < -0.39 is 11.6 Å². The number of aryl methyl sites for hydroxylation is 2. The van der Waals surface area contributed by atoms with E-state index in [1.54, 1.807) is 11.3 Å². The first-order valence-electron chi connectivity index (χ1n) is 8.60. The normalized spacial score (nSPS) is 27.0. The van der Waals surface area contributed by atoms with Gasteiger partial charge in [0.1, 0.15) is 5.54 Å². The Morgan fingerprint density at radius 1 is 1.33 bits per heavy atom. The summed E-state index contributed by atoms with van der Waals surface area (Å²) in [5.41, 5.74) is -0.156. The lowest BCUT2D eigenvalue weighted by atomic mass is 9.75. The summed E-state index contributed by atoms with van der Waals surface area (Å²) in [6.45, 7) is 5.84. The van der Waals surface area contributed by atoms with Crippen LogP contribution in [0.15, 0.2) is 6.07 Å². The number of nitrogens with one attached hydrogen (secondary N) is 1. The van der Waals surface area contributed by atoms with E-state index in [9.17, 15) is 14.4 Å². The molecule has 2 fully saturated rings. The molecule has 1 aliphatic carbocycles. The zero-order valence-electron chi connectivity index (χ0n) is 14.5. The summed E-state index contributed by atoms with van der Waals surface area (Å²) in [5, 5.41) is 2.88. The molecule has 3 rings (SSSR count). The topological polar surface area (TPSA) is 66.5 Å². The van der Waals surface area contributed by atoms with Crippen LogP contribution in [-0.4, -0.2) is 34.7 Å². The van der Waals surface area contributed by atoms with Gasteiger partial charge in [0.2, 0.25) is 0 Å². The van der Waals surface area contributed by atoms with Crippen LogP contribution in [0, 0.1) is 19.8 Å². The van der Waals surface area contributed by atoms with Crippen molar-refractivity contribution in [3.8, 4) is 0 Å². The number of imide groups is 1. The van der Waals surface area contributed by atoms with Gasteiger partial charge in [-0.15, -0.1) is 11.3 Å². The number of hydrogen-bond acceptors (Lipinski definition) is 4. The number of Topliss-reactive ketones (excluding diaryl/α,β-unsaturated/α-hetero) is 1. The highest BCUT2D eigenvalue weighted by Gasteiger charge is 2.52. The molecule has 1 saturated carbocycles. The van der Waals surface area contributed by atoms with Crippen LogP contribution in [0.2, 0.25) is 0 Å². The third-order valence-corrected chi connectivity index (χ3v) is 6.39. The Morgan fingerprint density at radius 2 is 2.00 bits per heavy atom. The van der Waals surface area contributed by atoms with Crippen molar-refractivity contribution in [1.82, 2.24) is 10.2 Å². The summed E-state index contributed by atoms with van der Waals surface area (Å²) in [7, 11) is 0. The van der Waals surface area contributed by atoms with Crippen LogP contribution in [0.5, 0.6) is 0 Å². The Labute approximate surface area is 146 Å². The fraction of sp³-hybridized carbons (Fsp3) is 0.611. The quantitative estimate of drug-likeness (QED) is 0.669. The first kappa shape index (κ1) is 17.1. The van der Waals surface area contributed by atoms with Crippen molar-refractivity contribution in [2.45, 2.75) is 58.4 Å². The van der Waals surface area contributed by atoms with E-state index in [1.807, 2.05) is 19.9 Å². The third kappa shape index (κ3) is 2.88. The number of urea groups is 1. The fourth-order valence-electron chi connectivity index (χ4n) is 3.87. The van der Waals surface area contributed by atoms with Crippen LogP contribution >= 0.6 is 11.3 Å². The van der Waals surface area contributed by atoms with Gasteiger partial charge >= 0.3 is 6.03 Å². The predicted molar refractivity (Wildman–Crippen MR) is 93.3 cm³/mol. The second-order valence-corrected chi connectivity index (χ2v) is 8.47. The molecule has 1 spiro atoms. The molecule has 130 valence electrons. The monoisotopic (exact) mass is 348 g/mol. The first-order chi connectivity index (χ1) is 11.4. The van der Waals surface area contributed by atoms with E-state index >= 15 is 0 Å². The van der Waals surface area contributed by atoms with E-state index in [0.29, 0.717) is 24.3 Å². The lowest BCUT2D eigenvalue weighted by Gasteiger charge is -2.34. The summed E-state index contributed by atoms with van der Waals surface area (Å²) < 4.78 is 0. The van der Waals surface area contributed by atoms with E-state index in [0.717, 1.165) is 33.9 Å². The molecule has 1 saturated heterocycles. The van der Waals surface area contributed by atoms with E-state index in [-0.39, 0.29) is 18.2 Å². The second kappa shape index (κ2) is 6.31. The minimum atomic E-state index is -0.775. The largest absolute Gasteiger partial charge is 0.325 e. The molecule has 0 atom stereocenters. The van der Waals surface area contributed by atoms with E-state index in [1.165, 1.54) is 0 Å². The van der Waals surface area contributed by atoms with Crippen molar-refractivity contribution in [2.75, 3.05) is 6.54 Å². The highest BCUT2D eigenvalue weighted by Crippen LogP contribution is 2.37. The molecule has 5 nitrogen and oxygen atoms in total. The average molecular weight is 348 g/mol. The van der Waals surface area contributed by atoms with Gasteiger partial charge in [-0.05, 0) is 51.5 Å². The molecule has 0 unspecified atom stereocenters. The molecule has 24 heavy (non-hydrogen) atoms. The van der Waals surface area contributed by atoms with E-state index in [2.05, 4.69) is 12.2 Å². The van der Waals surface area contributed by atoms with Gasteiger partial charge in [0.15, 0.2) is 5.78 Å². The molecule has 0 radical (unpaired) electrons. The number of carbonyl (C=O) groups is 3. The lowest BCUT2D eigenvalue weighted by Crippen LogP contribution is -2.49. The zero-order chi connectivity index (χ0) is 17.5. The zero-order valence-corrected chi connectivity index (χ0v) is 15.3. The number of nitrogens with zero attached hydrogens (tertiary/aromatic N) is 1. The summed E-state index contributed by atoms with van der Waals surface area (Å²) in [6, 6.07) is 1.41. The number of amides is 3. The Hall–Kier alpha value is -1.69. The smallest absolute Gasteiger partial charge is 0.323 e. The Bertz CT molecular complexity index is 686. The van der Waals surface area contributed by atoms with Gasteiger partial charge in [-0.3, -0.25) is 14.5 Å². The average Bonchev–Trinajstić information content (AvgIpc) is 3.00. The number of rotatable bonds is 4. The van der Waals surface area contributed by atoms with Gasteiger partial charge in [0.25, 0.3) is 5.91 Å². The van der Waals surface area contributed by atoms with Gasteiger partial charge in [0.05, 0.1) is 6.54 Å². The van der Waals surface area contributed by atoms with Crippen LogP contribution in [0.25, 0.3) is 0 Å². The minimum Gasteiger partial charge on any atom is -0.323 e. The van der Waals surface area contributed by atoms with E-state index in [4.69, 9.17) is 0 Å². The maximum Gasteiger partial charge on any atom is 0.325 e. The highest BCUT2D eigenvalue weighted by molar-refractivity contribution is 7.12. The standard InChI is InChI=1S/C18H24N2O3S/c1-4-13-5-7-18(8-6-13)16(22)20(17(23)19-18)10-15(21)14-9-11(2)24-12(14)3/h9,13H,4-8,10H2,1-3H3,(H,19,23). The van der Waals surface area contributed by atoms with Crippen molar-refractivity contribution < 1.29 is 14.4 Å². The molecule has 1 aromatic heterocycles. The summed E-state index contributed by atoms with van der Waals surface area (Å²) in [6.07, 6.45) is 4.37. The van der Waals surface area contributed by atoms with Gasteiger partial charge in [-0.2, -0.15) is 0 Å². The number of carbonyl (C=O) groups excluding carboxylic acids is 3. The molecule has 3 amide bonds. The Morgan fingerprint density at radius 3 is 2.54 bits per heavy atom. The summed E-state index contributed by atoms with van der Waals surface area (Å²) >= 11 is 1.56. The lowest BCUT2D eigenvalue weighted by molar-refractivity contribution is -0.132. The van der Waals surface area contributed by atoms with Crippen molar-refractivity contribution in [2.24, 2.45) is 5.92 Å². The van der Waals surface area contributed by atoms with Crippen LogP contribution < -0.4 is 5.32 Å². The van der Waals surface area contributed by atoms with Crippen LogP contribution in [0.1, 0.15) is 59.1 Å². The Balaban J connectivity index is 1.73. The predicted octanol–water partition coefficient (Wildman–Crippen LogP) is 3.44. The number of thiophene rings is 1. The SMILES string of the molecule is CCC1CCC2(CC1)NC(=O)N(CC(=O)c1cc(C)sc1C)C2=O. The third-order valence-electron chi connectivity index (χ3n) is 5.43. The van der Waals surface area contributed by atoms with Crippen LogP contribution in [0.4, 0.5) is 4.79 Å². The van der Waals surface area contributed by atoms with Crippen molar-refractivity contribution in [3.63, 3.8) is 0 Å². The molecule has 1 N–H and O–H groups in total. The van der Waals surface area contributed by atoms with Gasteiger partial charge in [0, 0.05) is 15.3 Å². The Kier molecular flexibility index (Phi) is 4.51. The van der Waals surface area contributed by atoms with Crippen LogP contribution in [-0.2, 0) is 4.79 Å². The van der Waals surface area contributed by atoms with Crippen molar-refractivity contribution in [1.29, 1.82) is 0 Å². The number of hydrogen-bond donors (Lipinski definition) is 1. The molecular formula is C18H24N2O3S. The van der Waals surface area contributed by atoms with Gasteiger partial charge < -0.3 is 5.32 Å². The van der Waals surface area contributed by atoms with Crippen LogP contribution in [0.3, 0.4) is 0 Å². The fourth-order valence-corrected chi connectivity index (χ4v) is 4.82. The van der Waals surface area contributed by atoms with Crippen molar-refractivity contribution >= 4 is 29.1 Å². The van der Waals surface area contributed by atoms with Gasteiger partial charge in [-0.25, -0.2) is 4.79 Å². The molecule has 0 bridgehead atoms.